The van der Waals surface area contributed by atoms with Crippen LogP contribution in [0.4, 0.5) is 0 Å². The van der Waals surface area contributed by atoms with Gasteiger partial charge in [-0.25, -0.2) is 8.42 Å². The van der Waals surface area contributed by atoms with Gasteiger partial charge >= 0.3 is 0 Å². The van der Waals surface area contributed by atoms with Crippen LogP contribution >= 0.6 is 0 Å². The Hall–Kier alpha value is -0.620. The fourth-order valence-corrected chi connectivity index (χ4v) is 2.85. The molecule has 94 valence electrons. The molecule has 0 radical (unpaired) electrons. The third-order valence-electron chi connectivity index (χ3n) is 2.91. The molecule has 0 aliphatic carbocycles. The second-order valence-corrected chi connectivity index (χ2v) is 6.63. The number of carbonyl (C=O) groups is 1. The van der Waals surface area contributed by atoms with Gasteiger partial charge in [0.2, 0.25) is 5.91 Å². The molecule has 0 bridgehead atoms. The number of amides is 1. The predicted octanol–water partition coefficient (Wildman–Crippen LogP) is -0.382. The lowest BCUT2D eigenvalue weighted by Gasteiger charge is -2.30. The van der Waals surface area contributed by atoms with E-state index in [1.54, 1.807) is 4.90 Å². The van der Waals surface area contributed by atoms with E-state index in [0.29, 0.717) is 19.0 Å². The van der Waals surface area contributed by atoms with E-state index in [-0.39, 0.29) is 18.2 Å². The Morgan fingerprint density at radius 2 is 1.94 bits per heavy atom. The minimum Gasteiger partial charge on any atom is -0.342 e. The van der Waals surface area contributed by atoms with Crippen LogP contribution in [-0.2, 0) is 14.6 Å². The zero-order valence-electron chi connectivity index (χ0n) is 9.68. The van der Waals surface area contributed by atoms with Crippen LogP contribution < -0.4 is 5.73 Å². The van der Waals surface area contributed by atoms with E-state index in [0.717, 1.165) is 12.8 Å². The van der Waals surface area contributed by atoms with Crippen molar-refractivity contribution in [3.8, 4) is 0 Å². The van der Waals surface area contributed by atoms with Crippen molar-refractivity contribution in [1.29, 1.82) is 0 Å². The first-order chi connectivity index (χ1) is 7.44. The van der Waals surface area contributed by atoms with Crippen LogP contribution in [0.5, 0.6) is 0 Å². The molecule has 0 aromatic heterocycles. The molecule has 1 amide bonds. The van der Waals surface area contributed by atoms with Gasteiger partial charge in [0.25, 0.3) is 0 Å². The summed E-state index contributed by atoms with van der Waals surface area (Å²) in [5.41, 5.74) is 5.18. The van der Waals surface area contributed by atoms with Crippen LogP contribution in [0.15, 0.2) is 0 Å². The first-order valence-electron chi connectivity index (χ1n) is 5.63. The Kier molecular flexibility index (Phi) is 4.73. The summed E-state index contributed by atoms with van der Waals surface area (Å²) in [5, 5.41) is 0. The highest BCUT2D eigenvalue weighted by Gasteiger charge is 2.24. The zero-order valence-corrected chi connectivity index (χ0v) is 10.5. The van der Waals surface area contributed by atoms with E-state index in [2.05, 4.69) is 6.92 Å². The second kappa shape index (κ2) is 5.63. The molecule has 5 nitrogen and oxygen atoms in total. The van der Waals surface area contributed by atoms with Gasteiger partial charge in [-0.05, 0) is 18.8 Å². The second-order valence-electron chi connectivity index (χ2n) is 4.44. The molecule has 0 unspecified atom stereocenters. The van der Waals surface area contributed by atoms with Gasteiger partial charge in [-0.2, -0.15) is 0 Å². The SMILES string of the molecule is CC1CCN(C(=O)CS(=O)(=O)CCN)CC1. The molecule has 0 aromatic rings. The van der Waals surface area contributed by atoms with Crippen molar-refractivity contribution in [2.24, 2.45) is 11.7 Å². The maximum atomic E-state index is 11.7. The maximum Gasteiger partial charge on any atom is 0.237 e. The minimum atomic E-state index is -3.31. The molecule has 1 heterocycles. The van der Waals surface area contributed by atoms with Crippen molar-refractivity contribution in [3.05, 3.63) is 0 Å². The van der Waals surface area contributed by atoms with Gasteiger partial charge in [-0.1, -0.05) is 6.92 Å². The Balaban J connectivity index is 2.47. The number of piperidine rings is 1. The number of nitrogens with zero attached hydrogens (tertiary/aromatic N) is 1. The molecule has 1 saturated heterocycles. The summed E-state index contributed by atoms with van der Waals surface area (Å²) in [4.78, 5) is 13.3. The summed E-state index contributed by atoms with van der Waals surface area (Å²) in [7, 11) is -3.31. The van der Waals surface area contributed by atoms with Crippen LogP contribution in [0, 0.1) is 5.92 Å². The first kappa shape index (κ1) is 13.4. The van der Waals surface area contributed by atoms with Crippen molar-refractivity contribution >= 4 is 15.7 Å². The highest BCUT2D eigenvalue weighted by Crippen LogP contribution is 2.16. The smallest absolute Gasteiger partial charge is 0.237 e. The molecule has 1 rings (SSSR count). The molecule has 0 aromatic carbocycles. The van der Waals surface area contributed by atoms with Gasteiger partial charge < -0.3 is 10.6 Å². The van der Waals surface area contributed by atoms with Crippen LogP contribution in [0.2, 0.25) is 0 Å². The van der Waals surface area contributed by atoms with E-state index in [4.69, 9.17) is 5.73 Å². The molecule has 0 saturated carbocycles. The summed E-state index contributed by atoms with van der Waals surface area (Å²) in [6, 6.07) is 0. The molecule has 0 atom stereocenters. The lowest BCUT2D eigenvalue weighted by Crippen LogP contribution is -2.41. The Morgan fingerprint density at radius 1 is 1.38 bits per heavy atom. The average Bonchev–Trinajstić information content (AvgIpc) is 2.17. The third kappa shape index (κ3) is 4.09. The Bertz CT molecular complexity index is 332. The number of rotatable bonds is 4. The van der Waals surface area contributed by atoms with Crippen molar-refractivity contribution in [2.75, 3.05) is 31.1 Å². The van der Waals surface area contributed by atoms with Crippen molar-refractivity contribution in [1.82, 2.24) is 4.90 Å². The van der Waals surface area contributed by atoms with Gasteiger partial charge in [0.15, 0.2) is 9.84 Å². The summed E-state index contributed by atoms with van der Waals surface area (Å²) in [5.74, 6) is -0.147. The highest BCUT2D eigenvalue weighted by molar-refractivity contribution is 7.92. The normalized spacial score (nSPS) is 18.8. The summed E-state index contributed by atoms with van der Waals surface area (Å²) < 4.78 is 22.8. The Morgan fingerprint density at radius 3 is 2.44 bits per heavy atom. The van der Waals surface area contributed by atoms with Crippen molar-refractivity contribution in [3.63, 3.8) is 0 Å². The van der Waals surface area contributed by atoms with E-state index in [1.165, 1.54) is 0 Å². The largest absolute Gasteiger partial charge is 0.342 e. The molecule has 1 aliphatic heterocycles. The van der Waals surface area contributed by atoms with Crippen LogP contribution in [0.25, 0.3) is 0 Å². The molecule has 0 spiro atoms. The Labute approximate surface area is 96.9 Å². The van der Waals surface area contributed by atoms with E-state index >= 15 is 0 Å². The van der Waals surface area contributed by atoms with E-state index < -0.39 is 15.6 Å². The zero-order chi connectivity index (χ0) is 12.2. The lowest BCUT2D eigenvalue weighted by atomic mass is 9.99. The number of sulfone groups is 1. The third-order valence-corrected chi connectivity index (χ3v) is 4.45. The molecule has 2 N–H and O–H groups in total. The summed E-state index contributed by atoms with van der Waals surface area (Å²) in [6.45, 7) is 3.58. The standard InChI is InChI=1S/C10H20N2O3S/c1-9-2-5-12(6-3-9)10(13)8-16(14,15)7-4-11/h9H,2-8,11H2,1H3. The van der Waals surface area contributed by atoms with E-state index in [1.807, 2.05) is 0 Å². The van der Waals surface area contributed by atoms with Crippen LogP contribution in [0.3, 0.4) is 0 Å². The van der Waals surface area contributed by atoms with Gasteiger partial charge in [-0.3, -0.25) is 4.79 Å². The van der Waals surface area contributed by atoms with E-state index in [9.17, 15) is 13.2 Å². The molecule has 6 heteroatoms. The van der Waals surface area contributed by atoms with Crippen LogP contribution in [-0.4, -0.2) is 50.4 Å². The predicted molar refractivity (Wildman–Crippen MR) is 62.7 cm³/mol. The van der Waals surface area contributed by atoms with Gasteiger partial charge in [0.05, 0.1) is 5.75 Å². The number of hydrogen-bond donors (Lipinski definition) is 1. The lowest BCUT2D eigenvalue weighted by molar-refractivity contribution is -0.129. The van der Waals surface area contributed by atoms with Crippen molar-refractivity contribution in [2.45, 2.75) is 19.8 Å². The number of likely N-dealkylation sites (tertiary alicyclic amines) is 1. The molecule has 16 heavy (non-hydrogen) atoms. The number of nitrogens with two attached hydrogens (primary N) is 1. The van der Waals surface area contributed by atoms with Crippen LogP contribution in [0.1, 0.15) is 19.8 Å². The first-order valence-corrected chi connectivity index (χ1v) is 7.45. The fourth-order valence-electron chi connectivity index (χ4n) is 1.79. The summed E-state index contributed by atoms with van der Waals surface area (Å²) >= 11 is 0. The van der Waals surface area contributed by atoms with Gasteiger partial charge in [-0.15, -0.1) is 0 Å². The van der Waals surface area contributed by atoms with Gasteiger partial charge in [0.1, 0.15) is 5.75 Å². The van der Waals surface area contributed by atoms with Crippen molar-refractivity contribution < 1.29 is 13.2 Å². The molecule has 1 fully saturated rings. The fraction of sp³-hybridized carbons (Fsp3) is 0.900. The topological polar surface area (TPSA) is 80.5 Å². The maximum absolute atomic E-state index is 11.7. The monoisotopic (exact) mass is 248 g/mol. The highest BCUT2D eigenvalue weighted by atomic mass is 32.2. The molecule has 1 aliphatic rings. The molecular formula is C10H20N2O3S. The van der Waals surface area contributed by atoms with Gasteiger partial charge in [0, 0.05) is 19.6 Å². The summed E-state index contributed by atoms with van der Waals surface area (Å²) in [6.07, 6.45) is 1.92. The quantitative estimate of drug-likeness (QED) is 0.735. The molecular weight excluding hydrogens is 228 g/mol. The number of carbonyl (C=O) groups excluding carboxylic acids is 1. The number of hydrogen-bond acceptors (Lipinski definition) is 4. The minimum absolute atomic E-state index is 0.0760. The average molecular weight is 248 g/mol.